The molecule has 1 saturated heterocycles. The first-order valence-corrected chi connectivity index (χ1v) is 6.05. The number of halogens is 1. The Labute approximate surface area is 104 Å². The van der Waals surface area contributed by atoms with Gasteiger partial charge in [-0.2, -0.15) is 5.26 Å². The van der Waals surface area contributed by atoms with Crippen molar-refractivity contribution in [2.24, 2.45) is 5.73 Å². The minimum Gasteiger partial charge on any atom is -0.368 e. The second kappa shape index (κ2) is 4.08. The average molecular weight is 280 g/mol. The van der Waals surface area contributed by atoms with Gasteiger partial charge in [-0.25, -0.2) is 0 Å². The minimum atomic E-state index is -0.683. The molecule has 2 N–H and O–H groups in total. The molecule has 1 fully saturated rings. The van der Waals surface area contributed by atoms with Crippen LogP contribution < -0.4 is 10.6 Å². The number of hydrogen-bond donors (Lipinski definition) is 1. The molecule has 0 bridgehead atoms. The van der Waals surface area contributed by atoms with Crippen LogP contribution in [0.4, 0.5) is 5.69 Å². The van der Waals surface area contributed by atoms with Gasteiger partial charge in [-0.05, 0) is 31.0 Å². The van der Waals surface area contributed by atoms with E-state index in [0.29, 0.717) is 6.54 Å². The summed E-state index contributed by atoms with van der Waals surface area (Å²) in [6.45, 7) is 3.51. The van der Waals surface area contributed by atoms with Gasteiger partial charge in [0.15, 0.2) is 0 Å². The zero-order chi connectivity index (χ0) is 11.8. The number of aryl methyl sites for hydroxylation is 1. The van der Waals surface area contributed by atoms with Crippen LogP contribution in [0.5, 0.6) is 0 Å². The van der Waals surface area contributed by atoms with E-state index >= 15 is 0 Å². The molecule has 0 aromatic heterocycles. The van der Waals surface area contributed by atoms with E-state index in [-0.39, 0.29) is 0 Å². The largest absolute Gasteiger partial charge is 0.368 e. The molecule has 4 heteroatoms. The topological polar surface area (TPSA) is 53.0 Å². The second-order valence-corrected chi connectivity index (χ2v) is 5.23. The molecule has 2 rings (SSSR count). The molecule has 1 aliphatic rings. The summed E-state index contributed by atoms with van der Waals surface area (Å²) >= 11 is 3.52. The Balaban J connectivity index is 2.22. The van der Waals surface area contributed by atoms with E-state index < -0.39 is 5.54 Å². The molecule has 1 aromatic carbocycles. The summed E-state index contributed by atoms with van der Waals surface area (Å²) in [6.07, 6.45) is 0.731. The zero-order valence-electron chi connectivity index (χ0n) is 9.20. The first-order valence-electron chi connectivity index (χ1n) is 5.25. The summed E-state index contributed by atoms with van der Waals surface area (Å²) < 4.78 is 1.09. The maximum absolute atomic E-state index is 8.98. The quantitative estimate of drug-likeness (QED) is 0.858. The van der Waals surface area contributed by atoms with Gasteiger partial charge in [-0.15, -0.1) is 0 Å². The Morgan fingerprint density at radius 3 is 2.88 bits per heavy atom. The molecule has 0 saturated carbocycles. The van der Waals surface area contributed by atoms with Crippen molar-refractivity contribution >= 4 is 21.6 Å². The van der Waals surface area contributed by atoms with Crippen LogP contribution in [0.25, 0.3) is 0 Å². The molecule has 1 unspecified atom stereocenters. The summed E-state index contributed by atoms with van der Waals surface area (Å²) in [5.74, 6) is 0. The smallest absolute Gasteiger partial charge is 0.123 e. The van der Waals surface area contributed by atoms with Crippen molar-refractivity contribution in [2.75, 3.05) is 18.0 Å². The van der Waals surface area contributed by atoms with Crippen LogP contribution in [0, 0.1) is 18.3 Å². The normalized spacial score (nSPS) is 24.5. The highest BCUT2D eigenvalue weighted by atomic mass is 79.9. The molecular weight excluding hydrogens is 266 g/mol. The van der Waals surface area contributed by atoms with Crippen LogP contribution >= 0.6 is 15.9 Å². The van der Waals surface area contributed by atoms with E-state index in [2.05, 4.69) is 52.0 Å². The number of nitrogens with zero attached hydrogens (tertiary/aromatic N) is 2. The predicted molar refractivity (Wildman–Crippen MR) is 68.2 cm³/mol. The molecule has 0 radical (unpaired) electrons. The minimum absolute atomic E-state index is 0.610. The van der Waals surface area contributed by atoms with E-state index in [1.807, 2.05) is 0 Å². The molecule has 16 heavy (non-hydrogen) atoms. The average Bonchev–Trinajstić information content (AvgIpc) is 2.66. The van der Waals surface area contributed by atoms with E-state index in [1.54, 1.807) is 0 Å². The van der Waals surface area contributed by atoms with Gasteiger partial charge >= 0.3 is 0 Å². The summed E-state index contributed by atoms with van der Waals surface area (Å²) in [6, 6.07) is 8.42. The molecule has 3 nitrogen and oxygen atoms in total. The fraction of sp³-hybridized carbons (Fsp3) is 0.417. The standard InChI is InChI=1S/C12H14BrN3/c1-9-2-3-10(6-11(9)13)16-5-4-12(15,7-14)8-16/h2-3,6H,4-5,8,15H2,1H3. The maximum atomic E-state index is 8.98. The van der Waals surface area contributed by atoms with Gasteiger partial charge in [0.1, 0.15) is 5.54 Å². The van der Waals surface area contributed by atoms with Crippen molar-refractivity contribution < 1.29 is 0 Å². The highest BCUT2D eigenvalue weighted by Gasteiger charge is 2.34. The van der Waals surface area contributed by atoms with Gasteiger partial charge in [0.05, 0.1) is 6.07 Å². The molecule has 84 valence electrons. The highest BCUT2D eigenvalue weighted by Crippen LogP contribution is 2.28. The van der Waals surface area contributed by atoms with Crippen molar-refractivity contribution in [1.82, 2.24) is 0 Å². The summed E-state index contributed by atoms with van der Waals surface area (Å²) in [4.78, 5) is 2.16. The van der Waals surface area contributed by atoms with Crippen LogP contribution in [0.1, 0.15) is 12.0 Å². The fourth-order valence-corrected chi connectivity index (χ4v) is 2.29. The Morgan fingerprint density at radius 1 is 1.56 bits per heavy atom. The number of rotatable bonds is 1. The Kier molecular flexibility index (Phi) is 2.92. The lowest BCUT2D eigenvalue weighted by atomic mass is 10.0. The van der Waals surface area contributed by atoms with Crippen LogP contribution in [0.3, 0.4) is 0 Å². The van der Waals surface area contributed by atoms with Crippen molar-refractivity contribution in [2.45, 2.75) is 18.9 Å². The third-order valence-electron chi connectivity index (χ3n) is 3.04. The second-order valence-electron chi connectivity index (χ2n) is 4.37. The summed E-state index contributed by atoms with van der Waals surface area (Å²) in [5, 5.41) is 8.98. The molecule has 1 atom stereocenters. The zero-order valence-corrected chi connectivity index (χ0v) is 10.8. The van der Waals surface area contributed by atoms with Crippen LogP contribution in [0.2, 0.25) is 0 Å². The van der Waals surface area contributed by atoms with Crippen LogP contribution in [-0.2, 0) is 0 Å². The monoisotopic (exact) mass is 279 g/mol. The number of anilines is 1. The number of hydrogen-bond acceptors (Lipinski definition) is 3. The van der Waals surface area contributed by atoms with Crippen LogP contribution in [-0.4, -0.2) is 18.6 Å². The maximum Gasteiger partial charge on any atom is 0.123 e. The van der Waals surface area contributed by atoms with E-state index in [0.717, 1.165) is 23.1 Å². The van der Waals surface area contributed by atoms with Crippen molar-refractivity contribution in [1.29, 1.82) is 5.26 Å². The predicted octanol–water partition coefficient (Wildman–Crippen LogP) is 2.19. The van der Waals surface area contributed by atoms with E-state index in [9.17, 15) is 0 Å². The lowest BCUT2D eigenvalue weighted by Gasteiger charge is -2.20. The SMILES string of the molecule is Cc1ccc(N2CCC(N)(C#N)C2)cc1Br. The third kappa shape index (κ3) is 2.06. The lowest BCUT2D eigenvalue weighted by Crippen LogP contribution is -2.41. The molecule has 1 heterocycles. The number of benzene rings is 1. The van der Waals surface area contributed by atoms with E-state index in [1.165, 1.54) is 5.56 Å². The van der Waals surface area contributed by atoms with Crippen molar-refractivity contribution in [3.8, 4) is 6.07 Å². The molecule has 0 amide bonds. The summed E-state index contributed by atoms with van der Waals surface area (Å²) in [5.41, 5.74) is 7.59. The Hall–Kier alpha value is -1.05. The van der Waals surface area contributed by atoms with E-state index in [4.69, 9.17) is 11.0 Å². The molecular formula is C12H14BrN3. The van der Waals surface area contributed by atoms with Gasteiger partial charge < -0.3 is 10.6 Å². The number of nitrogens with two attached hydrogens (primary N) is 1. The fourth-order valence-electron chi connectivity index (χ4n) is 1.92. The van der Waals surface area contributed by atoms with Crippen LogP contribution in [0.15, 0.2) is 22.7 Å². The first kappa shape index (κ1) is 11.4. The van der Waals surface area contributed by atoms with Crippen molar-refractivity contribution in [3.05, 3.63) is 28.2 Å². The molecule has 0 aliphatic carbocycles. The van der Waals surface area contributed by atoms with Gasteiger partial charge in [0, 0.05) is 23.2 Å². The molecule has 1 aromatic rings. The highest BCUT2D eigenvalue weighted by molar-refractivity contribution is 9.10. The molecule has 1 aliphatic heterocycles. The summed E-state index contributed by atoms with van der Waals surface area (Å²) in [7, 11) is 0. The van der Waals surface area contributed by atoms with Gasteiger partial charge in [-0.3, -0.25) is 0 Å². The Bertz CT molecular complexity index is 452. The first-order chi connectivity index (χ1) is 7.54. The number of nitriles is 1. The third-order valence-corrected chi connectivity index (χ3v) is 3.90. The van der Waals surface area contributed by atoms with Crippen molar-refractivity contribution in [3.63, 3.8) is 0 Å². The lowest BCUT2D eigenvalue weighted by molar-refractivity contribution is 0.606. The van der Waals surface area contributed by atoms with Gasteiger partial charge in [0.25, 0.3) is 0 Å². The Morgan fingerprint density at radius 2 is 2.31 bits per heavy atom. The van der Waals surface area contributed by atoms with Gasteiger partial charge in [0.2, 0.25) is 0 Å². The van der Waals surface area contributed by atoms with Gasteiger partial charge in [-0.1, -0.05) is 22.0 Å². The molecule has 0 spiro atoms.